The number of benzene rings is 2. The van der Waals surface area contributed by atoms with Gasteiger partial charge in [0, 0.05) is 0 Å². The molecule has 7 heteroatoms. The van der Waals surface area contributed by atoms with E-state index in [1.807, 2.05) is 52.0 Å². The first kappa shape index (κ1) is 23.5. The summed E-state index contributed by atoms with van der Waals surface area (Å²) in [7, 11) is 1.33. The molecule has 7 nitrogen and oxygen atoms in total. The van der Waals surface area contributed by atoms with E-state index in [1.165, 1.54) is 7.11 Å². The van der Waals surface area contributed by atoms with Gasteiger partial charge in [-0.2, -0.15) is 0 Å². The predicted octanol–water partition coefficient (Wildman–Crippen LogP) is 3.25. The Bertz CT molecular complexity index is 994. The van der Waals surface area contributed by atoms with Gasteiger partial charge in [-0.1, -0.05) is 36.4 Å². The third kappa shape index (κ3) is 5.53. The van der Waals surface area contributed by atoms with E-state index in [2.05, 4.69) is 10.6 Å². The highest BCUT2D eigenvalue weighted by Gasteiger charge is 2.36. The lowest BCUT2D eigenvalue weighted by molar-refractivity contribution is -0.158. The molecule has 2 aromatic carbocycles. The molecular weight excluding hydrogens is 408 g/mol. The number of fused-ring (bicyclic) bond motifs is 1. The number of ether oxygens (including phenoxy) is 2. The average Bonchev–Trinajstić information content (AvgIpc) is 2.76. The van der Waals surface area contributed by atoms with Crippen LogP contribution >= 0.6 is 0 Å². The van der Waals surface area contributed by atoms with Gasteiger partial charge in [0.1, 0.15) is 11.6 Å². The summed E-state index contributed by atoms with van der Waals surface area (Å²) in [6.45, 7) is 7.32. The Hall–Kier alpha value is -3.19. The minimum absolute atomic E-state index is 0.211. The second-order valence-electron chi connectivity index (χ2n) is 8.93. The molecule has 3 atom stereocenters. The van der Waals surface area contributed by atoms with Gasteiger partial charge in [0.2, 0.25) is 5.91 Å². The van der Waals surface area contributed by atoms with Crippen LogP contribution in [0.5, 0.6) is 0 Å². The standard InChI is InChI=1S/C25H30N2O5/c1-15(16-10-12-17(13-11-16)23(29)31-5)26-22(28)20-14-18-8-6-7-9-19(18)21(27-20)24(30)32-25(2,3)4/h6-13,15,20-21,27H,14H2,1-5H3,(H,26,28)/t15-,20+,21?/m0/s1. The zero-order chi connectivity index (χ0) is 23.5. The maximum atomic E-state index is 13.1. The first-order valence-corrected chi connectivity index (χ1v) is 10.6. The Morgan fingerprint density at radius 2 is 1.72 bits per heavy atom. The minimum atomic E-state index is -0.718. The second-order valence-corrected chi connectivity index (χ2v) is 8.93. The van der Waals surface area contributed by atoms with Crippen molar-refractivity contribution in [1.82, 2.24) is 10.6 Å². The molecule has 0 saturated heterocycles. The third-order valence-corrected chi connectivity index (χ3v) is 5.31. The van der Waals surface area contributed by atoms with Crippen LogP contribution in [0.2, 0.25) is 0 Å². The molecule has 2 N–H and O–H groups in total. The van der Waals surface area contributed by atoms with Gasteiger partial charge >= 0.3 is 11.9 Å². The Kier molecular flexibility index (Phi) is 6.99. The van der Waals surface area contributed by atoms with Crippen LogP contribution in [0.3, 0.4) is 0 Å². The van der Waals surface area contributed by atoms with Crippen molar-refractivity contribution in [2.24, 2.45) is 0 Å². The number of rotatable bonds is 5. The number of methoxy groups -OCH3 is 1. The van der Waals surface area contributed by atoms with E-state index in [1.54, 1.807) is 24.3 Å². The predicted molar refractivity (Wildman–Crippen MR) is 120 cm³/mol. The molecular formula is C25H30N2O5. The van der Waals surface area contributed by atoms with E-state index in [0.29, 0.717) is 12.0 Å². The Morgan fingerprint density at radius 1 is 1.06 bits per heavy atom. The van der Waals surface area contributed by atoms with Crippen molar-refractivity contribution in [3.8, 4) is 0 Å². The van der Waals surface area contributed by atoms with Gasteiger partial charge in [0.15, 0.2) is 0 Å². The Labute approximate surface area is 188 Å². The molecule has 0 fully saturated rings. The van der Waals surface area contributed by atoms with Crippen molar-refractivity contribution in [3.63, 3.8) is 0 Å². The summed E-state index contributed by atoms with van der Waals surface area (Å²) in [5.41, 5.74) is 2.44. The summed E-state index contributed by atoms with van der Waals surface area (Å²) in [6, 6.07) is 12.9. The fourth-order valence-electron chi connectivity index (χ4n) is 3.72. The van der Waals surface area contributed by atoms with E-state index in [0.717, 1.165) is 16.7 Å². The highest BCUT2D eigenvalue weighted by Crippen LogP contribution is 2.28. The SMILES string of the molecule is COC(=O)c1ccc([C@H](C)NC(=O)[C@H]2Cc3ccccc3C(C(=O)OC(C)(C)C)N2)cc1. The van der Waals surface area contributed by atoms with Crippen LogP contribution in [0.1, 0.15) is 66.8 Å². The minimum Gasteiger partial charge on any atom is -0.465 e. The first-order valence-electron chi connectivity index (χ1n) is 10.6. The molecule has 0 aliphatic carbocycles. The zero-order valence-corrected chi connectivity index (χ0v) is 19.1. The lowest BCUT2D eigenvalue weighted by Crippen LogP contribution is -2.52. The highest BCUT2D eigenvalue weighted by atomic mass is 16.6. The van der Waals surface area contributed by atoms with Crippen molar-refractivity contribution in [1.29, 1.82) is 0 Å². The maximum absolute atomic E-state index is 13.1. The number of carbonyl (C=O) groups excluding carboxylic acids is 3. The summed E-state index contributed by atoms with van der Waals surface area (Å²) in [5.74, 6) is -1.03. The summed E-state index contributed by atoms with van der Waals surface area (Å²) in [5, 5.41) is 6.17. The maximum Gasteiger partial charge on any atom is 0.337 e. The van der Waals surface area contributed by atoms with Crippen molar-refractivity contribution < 1.29 is 23.9 Å². The number of nitrogens with one attached hydrogen (secondary N) is 2. The largest absolute Gasteiger partial charge is 0.465 e. The number of amides is 1. The monoisotopic (exact) mass is 438 g/mol. The number of hydrogen-bond donors (Lipinski definition) is 2. The number of hydrogen-bond acceptors (Lipinski definition) is 6. The van der Waals surface area contributed by atoms with E-state index < -0.39 is 29.6 Å². The normalized spacial score (nSPS) is 18.8. The summed E-state index contributed by atoms with van der Waals surface area (Å²) in [4.78, 5) is 37.5. The van der Waals surface area contributed by atoms with Crippen molar-refractivity contribution >= 4 is 17.8 Å². The van der Waals surface area contributed by atoms with Gasteiger partial charge < -0.3 is 14.8 Å². The smallest absolute Gasteiger partial charge is 0.337 e. The lowest BCUT2D eigenvalue weighted by atomic mass is 9.89. The molecule has 1 amide bonds. The second kappa shape index (κ2) is 9.53. The molecule has 0 saturated carbocycles. The number of esters is 2. The molecule has 3 rings (SSSR count). The van der Waals surface area contributed by atoms with Crippen LogP contribution < -0.4 is 10.6 Å². The van der Waals surface area contributed by atoms with Crippen LogP contribution in [0, 0.1) is 0 Å². The quantitative estimate of drug-likeness (QED) is 0.696. The van der Waals surface area contributed by atoms with Gasteiger partial charge in [-0.15, -0.1) is 0 Å². The molecule has 0 radical (unpaired) electrons. The highest BCUT2D eigenvalue weighted by molar-refractivity contribution is 5.89. The molecule has 0 spiro atoms. The molecule has 2 aromatic rings. The van der Waals surface area contributed by atoms with E-state index >= 15 is 0 Å². The Balaban J connectivity index is 1.74. The van der Waals surface area contributed by atoms with E-state index in [9.17, 15) is 14.4 Å². The van der Waals surface area contributed by atoms with Gasteiger partial charge in [0.25, 0.3) is 0 Å². The third-order valence-electron chi connectivity index (χ3n) is 5.31. The van der Waals surface area contributed by atoms with Crippen molar-refractivity contribution in [2.45, 2.75) is 57.8 Å². The lowest BCUT2D eigenvalue weighted by Gasteiger charge is -2.33. The molecule has 170 valence electrons. The van der Waals surface area contributed by atoms with Crippen LogP contribution in [0.4, 0.5) is 0 Å². The van der Waals surface area contributed by atoms with Crippen LogP contribution in [0.15, 0.2) is 48.5 Å². The summed E-state index contributed by atoms with van der Waals surface area (Å²) < 4.78 is 10.3. The average molecular weight is 439 g/mol. The topological polar surface area (TPSA) is 93.7 Å². The van der Waals surface area contributed by atoms with Crippen molar-refractivity contribution in [3.05, 3.63) is 70.8 Å². The fourth-order valence-corrected chi connectivity index (χ4v) is 3.72. The van der Waals surface area contributed by atoms with E-state index in [-0.39, 0.29) is 11.9 Å². The summed E-state index contributed by atoms with van der Waals surface area (Å²) in [6.07, 6.45) is 0.468. The summed E-state index contributed by atoms with van der Waals surface area (Å²) >= 11 is 0. The molecule has 0 aromatic heterocycles. The zero-order valence-electron chi connectivity index (χ0n) is 19.1. The van der Waals surface area contributed by atoms with Crippen LogP contribution in [-0.2, 0) is 25.5 Å². The molecule has 1 heterocycles. The van der Waals surface area contributed by atoms with Crippen molar-refractivity contribution in [2.75, 3.05) is 7.11 Å². The van der Waals surface area contributed by atoms with E-state index in [4.69, 9.17) is 9.47 Å². The number of carbonyl (C=O) groups is 3. The fraction of sp³-hybridized carbons (Fsp3) is 0.400. The molecule has 32 heavy (non-hydrogen) atoms. The van der Waals surface area contributed by atoms with Crippen LogP contribution in [0.25, 0.3) is 0 Å². The molecule has 1 unspecified atom stereocenters. The Morgan fingerprint density at radius 3 is 2.34 bits per heavy atom. The first-order chi connectivity index (χ1) is 15.1. The molecule has 0 bridgehead atoms. The van der Waals surface area contributed by atoms with Gasteiger partial charge in [-0.25, -0.2) is 9.59 Å². The van der Waals surface area contributed by atoms with Gasteiger partial charge in [-0.05, 0) is 62.9 Å². The van der Waals surface area contributed by atoms with Crippen LogP contribution in [-0.4, -0.2) is 36.6 Å². The molecule has 1 aliphatic rings. The van der Waals surface area contributed by atoms with Gasteiger partial charge in [-0.3, -0.25) is 10.1 Å². The van der Waals surface area contributed by atoms with Gasteiger partial charge in [0.05, 0.1) is 24.8 Å². The molecule has 1 aliphatic heterocycles.